The highest BCUT2D eigenvalue weighted by Crippen LogP contribution is 2.41. The average Bonchev–Trinajstić information content (AvgIpc) is 3.30. The quantitative estimate of drug-likeness (QED) is 0.131. The Labute approximate surface area is 335 Å². The fraction of sp³-hybridized carbons (Fsp3) is 0. The first-order valence-electron chi connectivity index (χ1n) is 19.4. The van der Waals surface area contributed by atoms with Crippen LogP contribution >= 0.6 is 0 Å². The number of rotatable bonds is 11. The summed E-state index contributed by atoms with van der Waals surface area (Å²) in [4.78, 5) is 6.92. The highest BCUT2D eigenvalue weighted by molar-refractivity contribution is 5.84. The van der Waals surface area contributed by atoms with Crippen LogP contribution in [0.5, 0.6) is 0 Å². The molecule has 57 heavy (non-hydrogen) atoms. The fourth-order valence-corrected chi connectivity index (χ4v) is 7.44. The zero-order chi connectivity index (χ0) is 38.2. The first kappa shape index (κ1) is 35.1. The molecule has 9 rings (SSSR count). The Balaban J connectivity index is 1.09. The van der Waals surface area contributed by atoms with Crippen LogP contribution < -0.4 is 14.7 Å². The van der Waals surface area contributed by atoms with E-state index < -0.39 is 0 Å². The van der Waals surface area contributed by atoms with E-state index >= 15 is 0 Å². The van der Waals surface area contributed by atoms with Crippen LogP contribution in [0.4, 0.5) is 51.2 Å². The summed E-state index contributed by atoms with van der Waals surface area (Å²) in [7, 11) is 0. The normalized spacial score (nSPS) is 10.8. The van der Waals surface area contributed by atoms with E-state index in [1.165, 1.54) is 22.3 Å². The number of anilines is 9. The highest BCUT2D eigenvalue weighted by Gasteiger charge is 2.18. The SMILES string of the molecule is c1ccc(-c2ccc(-c3ccc(N(c4ccc(N(c5ccccc5)c5ccccc5)cc4)c4ccc(N(c5ccccc5)c5ccccc5)cc4)cc3)cc2)cc1. The molecule has 3 heteroatoms. The third kappa shape index (κ3) is 7.68. The van der Waals surface area contributed by atoms with E-state index in [4.69, 9.17) is 0 Å². The molecule has 9 aromatic rings. The first-order valence-corrected chi connectivity index (χ1v) is 19.4. The second-order valence-electron chi connectivity index (χ2n) is 13.9. The molecule has 0 saturated carbocycles. The van der Waals surface area contributed by atoms with Gasteiger partial charge in [0.25, 0.3) is 0 Å². The molecule has 0 spiro atoms. The van der Waals surface area contributed by atoms with Crippen molar-refractivity contribution < 1.29 is 0 Å². The third-order valence-corrected chi connectivity index (χ3v) is 10.2. The molecule has 0 radical (unpaired) electrons. The number of hydrogen-bond acceptors (Lipinski definition) is 3. The summed E-state index contributed by atoms with van der Waals surface area (Å²) in [5, 5.41) is 0. The predicted octanol–water partition coefficient (Wildman–Crippen LogP) is 15.4. The van der Waals surface area contributed by atoms with Crippen molar-refractivity contribution in [2.75, 3.05) is 14.7 Å². The van der Waals surface area contributed by atoms with Crippen LogP contribution in [-0.4, -0.2) is 0 Å². The molecular formula is C54H41N3. The minimum atomic E-state index is 1.07. The zero-order valence-electron chi connectivity index (χ0n) is 31.5. The van der Waals surface area contributed by atoms with Gasteiger partial charge in [-0.15, -0.1) is 0 Å². The van der Waals surface area contributed by atoms with Crippen LogP contribution in [0.15, 0.2) is 249 Å². The van der Waals surface area contributed by atoms with E-state index in [2.05, 4.69) is 263 Å². The largest absolute Gasteiger partial charge is 0.311 e. The van der Waals surface area contributed by atoms with Gasteiger partial charge in [-0.2, -0.15) is 0 Å². The van der Waals surface area contributed by atoms with Gasteiger partial charge < -0.3 is 14.7 Å². The van der Waals surface area contributed by atoms with Crippen molar-refractivity contribution in [2.45, 2.75) is 0 Å². The van der Waals surface area contributed by atoms with Crippen molar-refractivity contribution in [3.8, 4) is 22.3 Å². The zero-order valence-corrected chi connectivity index (χ0v) is 31.5. The average molecular weight is 732 g/mol. The molecule has 0 heterocycles. The Kier molecular flexibility index (Phi) is 10.1. The van der Waals surface area contributed by atoms with Crippen molar-refractivity contribution in [1.29, 1.82) is 0 Å². The number of hydrogen-bond donors (Lipinski definition) is 0. The van der Waals surface area contributed by atoms with Crippen molar-refractivity contribution in [3.05, 3.63) is 249 Å². The summed E-state index contributed by atoms with van der Waals surface area (Å²) in [5.41, 5.74) is 14.6. The molecule has 0 N–H and O–H groups in total. The smallest absolute Gasteiger partial charge is 0.0463 e. The van der Waals surface area contributed by atoms with E-state index in [1.54, 1.807) is 0 Å². The van der Waals surface area contributed by atoms with Gasteiger partial charge >= 0.3 is 0 Å². The van der Waals surface area contributed by atoms with Crippen molar-refractivity contribution in [2.24, 2.45) is 0 Å². The topological polar surface area (TPSA) is 9.72 Å². The van der Waals surface area contributed by atoms with Crippen LogP contribution in [0.3, 0.4) is 0 Å². The summed E-state index contributed by atoms with van der Waals surface area (Å²) in [6.45, 7) is 0. The van der Waals surface area contributed by atoms with Gasteiger partial charge in [0, 0.05) is 51.2 Å². The molecule has 0 unspecified atom stereocenters. The molecule has 0 aliphatic rings. The first-order chi connectivity index (χ1) is 28.3. The summed E-state index contributed by atoms with van der Waals surface area (Å²) in [6.07, 6.45) is 0. The van der Waals surface area contributed by atoms with Gasteiger partial charge in [0.15, 0.2) is 0 Å². The number of nitrogens with zero attached hydrogens (tertiary/aromatic N) is 3. The Morgan fingerprint density at radius 3 is 0.544 bits per heavy atom. The molecule has 0 atom stereocenters. The minimum absolute atomic E-state index is 1.07. The van der Waals surface area contributed by atoms with E-state index in [1.807, 2.05) is 0 Å². The maximum Gasteiger partial charge on any atom is 0.0463 e. The van der Waals surface area contributed by atoms with Crippen LogP contribution in [-0.2, 0) is 0 Å². The van der Waals surface area contributed by atoms with Gasteiger partial charge in [0.2, 0.25) is 0 Å². The Hall–Kier alpha value is -7.62. The lowest BCUT2D eigenvalue weighted by atomic mass is 10.00. The fourth-order valence-electron chi connectivity index (χ4n) is 7.44. The molecule has 0 fully saturated rings. The van der Waals surface area contributed by atoms with Crippen molar-refractivity contribution in [3.63, 3.8) is 0 Å². The lowest BCUT2D eigenvalue weighted by molar-refractivity contribution is 1.24. The number of benzene rings is 9. The minimum Gasteiger partial charge on any atom is -0.311 e. The Morgan fingerprint density at radius 1 is 0.140 bits per heavy atom. The third-order valence-electron chi connectivity index (χ3n) is 10.2. The summed E-state index contributed by atoms with van der Waals surface area (Å²) in [6, 6.07) is 88.1. The summed E-state index contributed by atoms with van der Waals surface area (Å²) >= 11 is 0. The molecule has 0 aromatic heterocycles. The molecule has 0 amide bonds. The lowest BCUT2D eigenvalue weighted by Crippen LogP contribution is -2.13. The lowest BCUT2D eigenvalue weighted by Gasteiger charge is -2.29. The molecule has 9 aromatic carbocycles. The Bertz CT molecular complexity index is 2410. The highest BCUT2D eigenvalue weighted by atomic mass is 15.2. The molecular weight excluding hydrogens is 691 g/mol. The number of para-hydroxylation sites is 4. The Morgan fingerprint density at radius 2 is 0.298 bits per heavy atom. The van der Waals surface area contributed by atoms with Gasteiger partial charge in [0.1, 0.15) is 0 Å². The predicted molar refractivity (Wildman–Crippen MR) is 241 cm³/mol. The van der Waals surface area contributed by atoms with Crippen LogP contribution in [0.1, 0.15) is 0 Å². The van der Waals surface area contributed by atoms with Gasteiger partial charge in [-0.3, -0.25) is 0 Å². The molecule has 272 valence electrons. The van der Waals surface area contributed by atoms with Gasteiger partial charge in [-0.1, -0.05) is 140 Å². The van der Waals surface area contributed by atoms with E-state index in [-0.39, 0.29) is 0 Å². The maximum absolute atomic E-state index is 2.33. The van der Waals surface area contributed by atoms with Crippen LogP contribution in [0.25, 0.3) is 22.3 Å². The molecule has 0 saturated heterocycles. The standard InChI is InChI=1S/C54H41N3/c1-6-16-42(17-7-1)43-26-28-44(29-27-43)45-30-32-50(33-31-45)57(53-38-34-51(35-39-53)55(46-18-8-2-9-19-46)47-20-10-3-11-21-47)54-40-36-52(37-41-54)56(48-22-12-4-13-23-48)49-24-14-5-15-25-49/h1-41H. The molecule has 0 bridgehead atoms. The molecule has 0 aliphatic heterocycles. The monoisotopic (exact) mass is 731 g/mol. The van der Waals surface area contributed by atoms with E-state index in [9.17, 15) is 0 Å². The van der Waals surface area contributed by atoms with Crippen LogP contribution in [0.2, 0.25) is 0 Å². The van der Waals surface area contributed by atoms with Crippen molar-refractivity contribution >= 4 is 51.2 Å². The molecule has 3 nitrogen and oxygen atoms in total. The van der Waals surface area contributed by atoms with Crippen LogP contribution in [0, 0.1) is 0 Å². The van der Waals surface area contributed by atoms with Gasteiger partial charge in [-0.05, 0) is 131 Å². The van der Waals surface area contributed by atoms with E-state index in [0.29, 0.717) is 0 Å². The second kappa shape index (κ2) is 16.4. The maximum atomic E-state index is 2.33. The van der Waals surface area contributed by atoms with Crippen molar-refractivity contribution in [1.82, 2.24) is 0 Å². The summed E-state index contributed by atoms with van der Waals surface area (Å²) < 4.78 is 0. The van der Waals surface area contributed by atoms with Gasteiger partial charge in [-0.25, -0.2) is 0 Å². The van der Waals surface area contributed by atoms with Gasteiger partial charge in [0.05, 0.1) is 0 Å². The second-order valence-corrected chi connectivity index (χ2v) is 13.9. The molecule has 0 aliphatic carbocycles. The van der Waals surface area contributed by atoms with E-state index in [0.717, 1.165) is 51.2 Å². The summed E-state index contributed by atoms with van der Waals surface area (Å²) in [5.74, 6) is 0.